The van der Waals surface area contributed by atoms with Crippen molar-refractivity contribution < 1.29 is 4.79 Å². The number of thiophene rings is 1. The second-order valence-electron chi connectivity index (χ2n) is 4.65. The smallest absolute Gasteiger partial charge is 0.315 e. The van der Waals surface area contributed by atoms with Crippen LogP contribution in [0.1, 0.15) is 30.5 Å². The van der Waals surface area contributed by atoms with Crippen molar-refractivity contribution in [1.29, 1.82) is 0 Å². The molecular weight excluding hydrogens is 260 g/mol. The molecule has 0 radical (unpaired) electrons. The molecule has 2 heterocycles. The van der Waals surface area contributed by atoms with E-state index in [2.05, 4.69) is 34.7 Å². The SMILES string of the molecule is CC(C)C(NC(=O)NCc1ccn[nH]1)c1cccs1. The van der Waals surface area contributed by atoms with E-state index in [1.165, 1.54) is 4.88 Å². The van der Waals surface area contributed by atoms with Crippen molar-refractivity contribution in [2.45, 2.75) is 26.4 Å². The third-order valence-corrected chi connectivity index (χ3v) is 3.76. The summed E-state index contributed by atoms with van der Waals surface area (Å²) in [6, 6.07) is 5.76. The lowest BCUT2D eigenvalue weighted by Gasteiger charge is -2.21. The van der Waals surface area contributed by atoms with Crippen molar-refractivity contribution in [3.63, 3.8) is 0 Å². The highest BCUT2D eigenvalue weighted by Crippen LogP contribution is 2.25. The van der Waals surface area contributed by atoms with Gasteiger partial charge in [-0.1, -0.05) is 19.9 Å². The molecule has 0 aliphatic heterocycles. The van der Waals surface area contributed by atoms with Crippen molar-refractivity contribution in [2.75, 3.05) is 0 Å². The minimum Gasteiger partial charge on any atom is -0.333 e. The van der Waals surface area contributed by atoms with Gasteiger partial charge in [0.15, 0.2) is 0 Å². The molecule has 2 aromatic rings. The molecule has 0 saturated heterocycles. The minimum absolute atomic E-state index is 0.0433. The Morgan fingerprint density at radius 2 is 2.32 bits per heavy atom. The highest BCUT2D eigenvalue weighted by molar-refractivity contribution is 7.10. The van der Waals surface area contributed by atoms with Crippen LogP contribution in [0.2, 0.25) is 0 Å². The molecule has 0 bridgehead atoms. The van der Waals surface area contributed by atoms with Crippen LogP contribution < -0.4 is 10.6 Å². The van der Waals surface area contributed by atoms with Gasteiger partial charge < -0.3 is 10.6 Å². The first kappa shape index (κ1) is 13.6. The summed E-state index contributed by atoms with van der Waals surface area (Å²) in [4.78, 5) is 13.1. The molecule has 102 valence electrons. The van der Waals surface area contributed by atoms with Gasteiger partial charge in [0.1, 0.15) is 0 Å². The van der Waals surface area contributed by atoms with Crippen molar-refractivity contribution in [3.05, 3.63) is 40.3 Å². The van der Waals surface area contributed by atoms with E-state index >= 15 is 0 Å². The van der Waals surface area contributed by atoms with E-state index < -0.39 is 0 Å². The summed E-state index contributed by atoms with van der Waals surface area (Å²) >= 11 is 1.66. The van der Waals surface area contributed by atoms with E-state index in [4.69, 9.17) is 0 Å². The number of hydrogen-bond acceptors (Lipinski definition) is 3. The van der Waals surface area contributed by atoms with Gasteiger partial charge in [-0.2, -0.15) is 5.10 Å². The molecule has 6 heteroatoms. The molecule has 1 atom stereocenters. The van der Waals surface area contributed by atoms with Crippen molar-refractivity contribution in [1.82, 2.24) is 20.8 Å². The average molecular weight is 278 g/mol. The van der Waals surface area contributed by atoms with E-state index in [1.807, 2.05) is 23.6 Å². The molecule has 2 aromatic heterocycles. The first-order valence-electron chi connectivity index (χ1n) is 6.23. The van der Waals surface area contributed by atoms with Crippen LogP contribution in [0.15, 0.2) is 29.8 Å². The number of amides is 2. The Morgan fingerprint density at radius 3 is 2.89 bits per heavy atom. The van der Waals surface area contributed by atoms with E-state index in [0.29, 0.717) is 12.5 Å². The van der Waals surface area contributed by atoms with Gasteiger partial charge in [-0.15, -0.1) is 11.3 Å². The van der Waals surface area contributed by atoms with Crippen LogP contribution in [0, 0.1) is 5.92 Å². The number of nitrogens with one attached hydrogen (secondary N) is 3. The molecule has 19 heavy (non-hydrogen) atoms. The van der Waals surface area contributed by atoms with Crippen LogP contribution >= 0.6 is 11.3 Å². The Morgan fingerprint density at radius 1 is 1.47 bits per heavy atom. The van der Waals surface area contributed by atoms with E-state index in [1.54, 1.807) is 17.5 Å². The first-order valence-corrected chi connectivity index (χ1v) is 7.11. The summed E-state index contributed by atoms with van der Waals surface area (Å²) < 4.78 is 0. The summed E-state index contributed by atoms with van der Waals surface area (Å²) in [6.07, 6.45) is 1.66. The van der Waals surface area contributed by atoms with Gasteiger partial charge in [0, 0.05) is 11.1 Å². The van der Waals surface area contributed by atoms with Gasteiger partial charge in [-0.25, -0.2) is 4.79 Å². The molecule has 0 aliphatic rings. The van der Waals surface area contributed by atoms with Gasteiger partial charge >= 0.3 is 6.03 Å². The Bertz CT molecular complexity index is 493. The summed E-state index contributed by atoms with van der Waals surface area (Å²) in [5.41, 5.74) is 0.882. The molecule has 2 rings (SSSR count). The zero-order valence-corrected chi connectivity index (χ0v) is 11.8. The number of carbonyl (C=O) groups is 1. The number of carbonyl (C=O) groups excluding carboxylic acids is 1. The summed E-state index contributed by atoms with van der Waals surface area (Å²) in [6.45, 7) is 4.64. The summed E-state index contributed by atoms with van der Waals surface area (Å²) in [7, 11) is 0. The number of aromatic amines is 1. The van der Waals surface area contributed by atoms with E-state index in [-0.39, 0.29) is 12.1 Å². The zero-order valence-electron chi connectivity index (χ0n) is 11.0. The predicted molar refractivity (Wildman–Crippen MR) is 75.9 cm³/mol. The second-order valence-corrected chi connectivity index (χ2v) is 5.63. The van der Waals surface area contributed by atoms with Crippen LogP contribution in [0.4, 0.5) is 4.79 Å². The maximum absolute atomic E-state index is 11.9. The third-order valence-electron chi connectivity index (χ3n) is 2.80. The number of rotatable bonds is 5. The quantitative estimate of drug-likeness (QED) is 0.787. The maximum Gasteiger partial charge on any atom is 0.315 e. The van der Waals surface area contributed by atoms with Crippen LogP contribution in [0.25, 0.3) is 0 Å². The monoisotopic (exact) mass is 278 g/mol. The lowest BCUT2D eigenvalue weighted by molar-refractivity contribution is 0.233. The fourth-order valence-corrected chi connectivity index (χ4v) is 2.73. The molecular formula is C13H18N4OS. The molecule has 2 amide bonds. The molecule has 3 N–H and O–H groups in total. The van der Waals surface area contributed by atoms with Crippen molar-refractivity contribution in [2.24, 2.45) is 5.92 Å². The maximum atomic E-state index is 11.9. The summed E-state index contributed by atoms with van der Waals surface area (Å²) in [5.74, 6) is 0.344. The van der Waals surface area contributed by atoms with Gasteiger partial charge in [-0.3, -0.25) is 5.10 Å². The second kappa shape index (κ2) is 6.38. The van der Waals surface area contributed by atoms with Crippen LogP contribution in [-0.2, 0) is 6.54 Å². The first-order chi connectivity index (χ1) is 9.16. The Balaban J connectivity index is 1.89. The van der Waals surface area contributed by atoms with Gasteiger partial charge in [0.2, 0.25) is 0 Å². The number of nitrogens with zero attached hydrogens (tertiary/aromatic N) is 1. The van der Waals surface area contributed by atoms with Crippen molar-refractivity contribution >= 4 is 17.4 Å². The molecule has 0 aromatic carbocycles. The highest BCUT2D eigenvalue weighted by Gasteiger charge is 2.18. The Labute approximate surface area is 116 Å². The zero-order chi connectivity index (χ0) is 13.7. The number of aromatic nitrogens is 2. The fraction of sp³-hybridized carbons (Fsp3) is 0.385. The van der Waals surface area contributed by atoms with E-state index in [9.17, 15) is 4.79 Å². The lowest BCUT2D eigenvalue weighted by atomic mass is 10.0. The average Bonchev–Trinajstić information content (AvgIpc) is 3.05. The molecule has 0 saturated carbocycles. The number of urea groups is 1. The normalized spacial score (nSPS) is 12.4. The van der Waals surface area contributed by atoms with E-state index in [0.717, 1.165) is 5.69 Å². The molecule has 5 nitrogen and oxygen atoms in total. The van der Waals surface area contributed by atoms with Crippen LogP contribution in [0.3, 0.4) is 0 Å². The van der Waals surface area contributed by atoms with Gasteiger partial charge in [0.25, 0.3) is 0 Å². The van der Waals surface area contributed by atoms with Crippen LogP contribution in [0.5, 0.6) is 0 Å². The molecule has 0 aliphatic carbocycles. The molecule has 0 spiro atoms. The topological polar surface area (TPSA) is 69.8 Å². The van der Waals surface area contributed by atoms with Crippen LogP contribution in [-0.4, -0.2) is 16.2 Å². The van der Waals surface area contributed by atoms with Crippen molar-refractivity contribution in [3.8, 4) is 0 Å². The minimum atomic E-state index is -0.165. The predicted octanol–water partition coefficient (Wildman–Crippen LogP) is 2.67. The highest BCUT2D eigenvalue weighted by atomic mass is 32.1. The standard InChI is InChI=1S/C13H18N4OS/c1-9(2)12(11-4-3-7-19-11)16-13(18)14-8-10-5-6-15-17-10/h3-7,9,12H,8H2,1-2H3,(H,15,17)(H2,14,16,18). The van der Waals surface area contributed by atoms with Gasteiger partial charge in [-0.05, 0) is 23.4 Å². The third kappa shape index (κ3) is 3.82. The Hall–Kier alpha value is -1.82. The summed E-state index contributed by atoms with van der Waals surface area (Å²) in [5, 5.41) is 14.5. The number of hydrogen-bond donors (Lipinski definition) is 3. The van der Waals surface area contributed by atoms with Gasteiger partial charge in [0.05, 0.1) is 18.3 Å². The fourth-order valence-electron chi connectivity index (χ4n) is 1.79. The molecule has 0 fully saturated rings. The molecule has 1 unspecified atom stereocenters. The largest absolute Gasteiger partial charge is 0.333 e. The Kier molecular flexibility index (Phi) is 4.57. The lowest BCUT2D eigenvalue weighted by Crippen LogP contribution is -2.39. The number of H-pyrrole nitrogens is 1.